The minimum atomic E-state index is 0.440. The van der Waals surface area contributed by atoms with Crippen molar-refractivity contribution < 1.29 is 0 Å². The molecule has 0 unspecified atom stereocenters. The average Bonchev–Trinajstić information content (AvgIpc) is 2.72. The van der Waals surface area contributed by atoms with Crippen LogP contribution in [0.3, 0.4) is 0 Å². The number of nitrogens with zero attached hydrogens (tertiary/aromatic N) is 2. The molecule has 0 saturated heterocycles. The van der Waals surface area contributed by atoms with Gasteiger partial charge in [-0.25, -0.2) is 0 Å². The zero-order chi connectivity index (χ0) is 7.03. The van der Waals surface area contributed by atoms with Crippen molar-refractivity contribution in [3.63, 3.8) is 0 Å². The Kier molecular flexibility index (Phi) is 1.04. The Morgan fingerprint density at radius 2 is 2.20 bits per heavy atom. The molecule has 1 fully saturated rings. The van der Waals surface area contributed by atoms with Gasteiger partial charge >= 0.3 is 0 Å². The molecule has 1 aliphatic carbocycles. The van der Waals surface area contributed by atoms with Crippen molar-refractivity contribution in [2.24, 2.45) is 0 Å². The van der Waals surface area contributed by atoms with Crippen LogP contribution in [-0.4, -0.2) is 10.2 Å². The van der Waals surface area contributed by atoms with E-state index in [1.165, 1.54) is 18.4 Å². The van der Waals surface area contributed by atoms with E-state index < -0.39 is 0 Å². The van der Waals surface area contributed by atoms with Crippen LogP contribution in [0, 0.1) is 0 Å². The van der Waals surface area contributed by atoms with Gasteiger partial charge in [-0.15, -0.1) is 0 Å². The summed E-state index contributed by atoms with van der Waals surface area (Å²) in [7, 11) is 0. The van der Waals surface area contributed by atoms with Crippen LogP contribution in [-0.2, 0) is 5.41 Å². The molecular weight excluding hydrogens is 124 g/mol. The van der Waals surface area contributed by atoms with Crippen molar-refractivity contribution in [1.29, 1.82) is 0 Å². The monoisotopic (exact) mass is 134 g/mol. The Hall–Kier alpha value is -0.920. The van der Waals surface area contributed by atoms with E-state index in [2.05, 4.69) is 23.2 Å². The minimum Gasteiger partial charge on any atom is -0.159 e. The third-order valence-corrected chi connectivity index (χ3v) is 2.28. The van der Waals surface area contributed by atoms with Crippen molar-refractivity contribution in [2.75, 3.05) is 0 Å². The van der Waals surface area contributed by atoms with E-state index in [9.17, 15) is 0 Å². The van der Waals surface area contributed by atoms with Gasteiger partial charge in [0.05, 0.1) is 6.20 Å². The Balaban J connectivity index is 2.35. The fourth-order valence-electron chi connectivity index (χ4n) is 1.12. The maximum Gasteiger partial charge on any atom is 0.0533 e. The molecule has 1 aromatic heterocycles. The maximum absolute atomic E-state index is 3.84. The zero-order valence-electron chi connectivity index (χ0n) is 6.04. The third-order valence-electron chi connectivity index (χ3n) is 2.28. The third kappa shape index (κ3) is 0.801. The second-order valence-corrected chi connectivity index (χ2v) is 3.19. The summed E-state index contributed by atoms with van der Waals surface area (Å²) in [4.78, 5) is 0. The normalized spacial score (nSPS) is 20.5. The summed E-state index contributed by atoms with van der Waals surface area (Å²) < 4.78 is 0. The summed E-state index contributed by atoms with van der Waals surface area (Å²) in [6, 6.07) is 2.06. The highest BCUT2D eigenvalue weighted by molar-refractivity contribution is 5.25. The fourth-order valence-corrected chi connectivity index (χ4v) is 1.12. The van der Waals surface area contributed by atoms with Gasteiger partial charge in [-0.3, -0.25) is 0 Å². The zero-order valence-corrected chi connectivity index (χ0v) is 6.04. The van der Waals surface area contributed by atoms with E-state index in [4.69, 9.17) is 0 Å². The first-order chi connectivity index (χ1) is 4.81. The summed E-state index contributed by atoms with van der Waals surface area (Å²) in [6.07, 6.45) is 6.24. The lowest BCUT2D eigenvalue weighted by Crippen LogP contribution is -1.99. The molecule has 0 aromatic carbocycles. The highest BCUT2D eigenvalue weighted by Gasteiger charge is 2.38. The second kappa shape index (κ2) is 1.78. The van der Waals surface area contributed by atoms with Crippen LogP contribution in [0.15, 0.2) is 18.5 Å². The lowest BCUT2D eigenvalue weighted by Gasteiger charge is -2.04. The largest absolute Gasteiger partial charge is 0.159 e. The van der Waals surface area contributed by atoms with Gasteiger partial charge in [0.2, 0.25) is 0 Å². The summed E-state index contributed by atoms with van der Waals surface area (Å²) in [5, 5.41) is 7.58. The van der Waals surface area contributed by atoms with Crippen molar-refractivity contribution in [3.05, 3.63) is 24.0 Å². The van der Waals surface area contributed by atoms with E-state index >= 15 is 0 Å². The molecular formula is C8H10N2. The molecule has 2 heteroatoms. The summed E-state index contributed by atoms with van der Waals surface area (Å²) in [5.74, 6) is 0. The molecule has 0 atom stereocenters. The number of aromatic nitrogens is 2. The standard InChI is InChI=1S/C8H10N2/c1-8(3-4-8)7-2-5-9-10-6-7/h2,5-6H,3-4H2,1H3. The molecule has 2 nitrogen and oxygen atoms in total. The van der Waals surface area contributed by atoms with E-state index in [1.54, 1.807) is 6.20 Å². The van der Waals surface area contributed by atoms with Crippen LogP contribution in [0.2, 0.25) is 0 Å². The lowest BCUT2D eigenvalue weighted by atomic mass is 10.0. The smallest absolute Gasteiger partial charge is 0.0533 e. The molecule has 0 aliphatic heterocycles. The van der Waals surface area contributed by atoms with Crippen LogP contribution in [0.4, 0.5) is 0 Å². The molecule has 0 amide bonds. The van der Waals surface area contributed by atoms with Crippen LogP contribution < -0.4 is 0 Å². The van der Waals surface area contributed by atoms with Gasteiger partial charge in [0, 0.05) is 6.20 Å². The number of hydrogen-bond donors (Lipinski definition) is 0. The van der Waals surface area contributed by atoms with Gasteiger partial charge in [0.1, 0.15) is 0 Å². The Morgan fingerprint density at radius 1 is 1.40 bits per heavy atom. The van der Waals surface area contributed by atoms with Gasteiger partial charge in [-0.1, -0.05) is 6.92 Å². The second-order valence-electron chi connectivity index (χ2n) is 3.19. The van der Waals surface area contributed by atoms with Gasteiger partial charge in [0.25, 0.3) is 0 Å². The van der Waals surface area contributed by atoms with Crippen LogP contribution in [0.5, 0.6) is 0 Å². The van der Waals surface area contributed by atoms with E-state index in [0.717, 1.165) is 0 Å². The van der Waals surface area contributed by atoms with Crippen molar-refractivity contribution in [2.45, 2.75) is 25.2 Å². The van der Waals surface area contributed by atoms with Crippen molar-refractivity contribution in [3.8, 4) is 0 Å². The fraction of sp³-hybridized carbons (Fsp3) is 0.500. The highest BCUT2D eigenvalue weighted by atomic mass is 15.1. The molecule has 2 rings (SSSR count). The van der Waals surface area contributed by atoms with Crippen LogP contribution >= 0.6 is 0 Å². The Morgan fingerprint density at radius 3 is 2.70 bits per heavy atom. The lowest BCUT2D eigenvalue weighted by molar-refractivity contribution is 0.771. The SMILES string of the molecule is CC1(c2ccnnc2)CC1. The Bertz CT molecular complexity index is 226. The quantitative estimate of drug-likeness (QED) is 0.582. The van der Waals surface area contributed by atoms with Gasteiger partial charge in [0.15, 0.2) is 0 Å². The molecule has 10 heavy (non-hydrogen) atoms. The van der Waals surface area contributed by atoms with E-state index in [1.807, 2.05) is 6.20 Å². The van der Waals surface area contributed by atoms with E-state index in [-0.39, 0.29) is 0 Å². The molecule has 0 radical (unpaired) electrons. The molecule has 1 saturated carbocycles. The Labute approximate surface area is 60.3 Å². The number of hydrogen-bond acceptors (Lipinski definition) is 2. The molecule has 0 spiro atoms. The average molecular weight is 134 g/mol. The first-order valence-corrected chi connectivity index (χ1v) is 3.58. The molecule has 0 bridgehead atoms. The molecule has 1 aliphatic rings. The summed E-state index contributed by atoms with van der Waals surface area (Å²) in [5.41, 5.74) is 1.78. The first kappa shape index (κ1) is 5.83. The summed E-state index contributed by atoms with van der Waals surface area (Å²) in [6.45, 7) is 2.27. The van der Waals surface area contributed by atoms with Gasteiger partial charge < -0.3 is 0 Å². The molecule has 52 valence electrons. The predicted molar refractivity (Wildman–Crippen MR) is 38.6 cm³/mol. The molecule has 1 aromatic rings. The van der Waals surface area contributed by atoms with Crippen molar-refractivity contribution in [1.82, 2.24) is 10.2 Å². The van der Waals surface area contributed by atoms with Crippen LogP contribution in [0.1, 0.15) is 25.3 Å². The molecule has 1 heterocycles. The van der Waals surface area contributed by atoms with Crippen LogP contribution in [0.25, 0.3) is 0 Å². The summed E-state index contributed by atoms with van der Waals surface area (Å²) >= 11 is 0. The first-order valence-electron chi connectivity index (χ1n) is 3.58. The minimum absolute atomic E-state index is 0.440. The number of rotatable bonds is 1. The van der Waals surface area contributed by atoms with Gasteiger partial charge in [-0.2, -0.15) is 10.2 Å². The van der Waals surface area contributed by atoms with Gasteiger partial charge in [-0.05, 0) is 29.9 Å². The topological polar surface area (TPSA) is 25.8 Å². The van der Waals surface area contributed by atoms with E-state index in [0.29, 0.717) is 5.41 Å². The predicted octanol–water partition coefficient (Wildman–Crippen LogP) is 1.53. The molecule has 0 N–H and O–H groups in total. The highest BCUT2D eigenvalue weighted by Crippen LogP contribution is 2.46. The van der Waals surface area contributed by atoms with Crippen molar-refractivity contribution >= 4 is 0 Å². The maximum atomic E-state index is 3.84.